The first-order chi connectivity index (χ1) is 10.5. The van der Waals surface area contributed by atoms with E-state index in [4.69, 9.17) is 16.3 Å². The SMILES string of the molecule is CC(O)C1CCCN(CC(O)COCc2ccc(Cl)cc2)C1. The number of halogens is 1. The van der Waals surface area contributed by atoms with Crippen molar-refractivity contribution < 1.29 is 14.9 Å². The van der Waals surface area contributed by atoms with E-state index in [9.17, 15) is 10.2 Å². The van der Waals surface area contributed by atoms with Crippen LogP contribution in [0.5, 0.6) is 0 Å². The summed E-state index contributed by atoms with van der Waals surface area (Å²) in [5.74, 6) is 0.316. The molecule has 0 radical (unpaired) electrons. The predicted octanol–water partition coefficient (Wildman–Crippen LogP) is 2.31. The monoisotopic (exact) mass is 327 g/mol. The van der Waals surface area contributed by atoms with E-state index in [-0.39, 0.29) is 6.10 Å². The Labute approximate surface area is 137 Å². The Morgan fingerprint density at radius 2 is 2.05 bits per heavy atom. The Morgan fingerprint density at radius 3 is 2.73 bits per heavy atom. The van der Waals surface area contributed by atoms with E-state index in [2.05, 4.69) is 4.90 Å². The lowest BCUT2D eigenvalue weighted by atomic mass is 9.93. The minimum atomic E-state index is -0.500. The number of rotatable bonds is 7. The number of β-amino-alcohol motifs (C(OH)–C–C–N with tert-alkyl or cyclic N) is 1. The van der Waals surface area contributed by atoms with Crippen molar-refractivity contribution in [2.75, 3.05) is 26.2 Å². The fourth-order valence-corrected chi connectivity index (χ4v) is 3.02. The van der Waals surface area contributed by atoms with E-state index >= 15 is 0 Å². The van der Waals surface area contributed by atoms with Gasteiger partial charge < -0.3 is 19.8 Å². The first kappa shape index (κ1) is 17.7. The molecule has 3 atom stereocenters. The van der Waals surface area contributed by atoms with Crippen molar-refractivity contribution in [2.45, 2.75) is 38.6 Å². The van der Waals surface area contributed by atoms with Crippen molar-refractivity contribution in [1.82, 2.24) is 4.90 Å². The summed E-state index contributed by atoms with van der Waals surface area (Å²) in [4.78, 5) is 2.22. The Hall–Kier alpha value is -0.650. The average Bonchev–Trinajstić information content (AvgIpc) is 2.49. The normalized spacial score (nSPS) is 22.5. The molecule has 22 heavy (non-hydrogen) atoms. The molecule has 1 aromatic rings. The Kier molecular flexibility index (Phi) is 7.12. The maximum Gasteiger partial charge on any atom is 0.0900 e. The molecule has 1 saturated heterocycles. The van der Waals surface area contributed by atoms with Crippen LogP contribution in [0.3, 0.4) is 0 Å². The molecule has 1 aliphatic heterocycles. The van der Waals surface area contributed by atoms with E-state index in [1.54, 1.807) is 0 Å². The van der Waals surface area contributed by atoms with Crippen LogP contribution < -0.4 is 0 Å². The lowest BCUT2D eigenvalue weighted by molar-refractivity contribution is -0.00644. The number of likely N-dealkylation sites (tertiary alicyclic amines) is 1. The van der Waals surface area contributed by atoms with Crippen molar-refractivity contribution in [3.63, 3.8) is 0 Å². The van der Waals surface area contributed by atoms with E-state index in [0.717, 1.165) is 31.5 Å². The first-order valence-corrected chi connectivity index (χ1v) is 8.33. The fourth-order valence-electron chi connectivity index (χ4n) is 2.90. The molecule has 0 spiro atoms. The second-order valence-corrected chi connectivity index (χ2v) is 6.63. The minimum Gasteiger partial charge on any atom is -0.393 e. The molecule has 0 amide bonds. The van der Waals surface area contributed by atoms with Gasteiger partial charge >= 0.3 is 0 Å². The summed E-state index contributed by atoms with van der Waals surface area (Å²) in [6.45, 7) is 5.08. The highest BCUT2D eigenvalue weighted by Gasteiger charge is 2.24. The van der Waals surface area contributed by atoms with Gasteiger partial charge in [-0.3, -0.25) is 0 Å². The van der Waals surface area contributed by atoms with Gasteiger partial charge in [-0.1, -0.05) is 23.7 Å². The number of piperidine rings is 1. The maximum atomic E-state index is 10.1. The van der Waals surface area contributed by atoms with Gasteiger partial charge in [-0.05, 0) is 49.9 Å². The second kappa shape index (κ2) is 8.85. The lowest BCUT2D eigenvalue weighted by Gasteiger charge is -2.35. The third-order valence-electron chi connectivity index (χ3n) is 4.19. The molecule has 124 valence electrons. The van der Waals surface area contributed by atoms with Crippen molar-refractivity contribution in [1.29, 1.82) is 0 Å². The number of benzene rings is 1. The third-order valence-corrected chi connectivity index (χ3v) is 4.44. The molecule has 0 bridgehead atoms. The number of aliphatic hydroxyl groups is 2. The molecule has 1 fully saturated rings. The molecule has 0 aromatic heterocycles. The van der Waals surface area contributed by atoms with Crippen LogP contribution in [0.25, 0.3) is 0 Å². The molecule has 0 aliphatic carbocycles. The molecule has 5 heteroatoms. The van der Waals surface area contributed by atoms with Gasteiger partial charge in [0.1, 0.15) is 0 Å². The van der Waals surface area contributed by atoms with E-state index < -0.39 is 6.10 Å². The van der Waals surface area contributed by atoms with Gasteiger partial charge in [0.05, 0.1) is 25.4 Å². The zero-order chi connectivity index (χ0) is 15.9. The molecule has 4 nitrogen and oxygen atoms in total. The van der Waals surface area contributed by atoms with Crippen LogP contribution in [0.1, 0.15) is 25.3 Å². The van der Waals surface area contributed by atoms with Crippen LogP contribution in [-0.4, -0.2) is 53.6 Å². The van der Waals surface area contributed by atoms with Crippen LogP contribution >= 0.6 is 11.6 Å². The fraction of sp³-hybridized carbons (Fsp3) is 0.647. The summed E-state index contributed by atoms with van der Waals surface area (Å²) >= 11 is 5.83. The quantitative estimate of drug-likeness (QED) is 0.807. The van der Waals surface area contributed by atoms with Crippen molar-refractivity contribution >= 4 is 11.6 Å². The van der Waals surface area contributed by atoms with E-state index in [1.807, 2.05) is 31.2 Å². The zero-order valence-electron chi connectivity index (χ0n) is 13.1. The smallest absolute Gasteiger partial charge is 0.0900 e. The van der Waals surface area contributed by atoms with Crippen molar-refractivity contribution in [3.8, 4) is 0 Å². The Bertz CT molecular complexity index is 438. The van der Waals surface area contributed by atoms with Crippen molar-refractivity contribution in [3.05, 3.63) is 34.9 Å². The summed E-state index contributed by atoms with van der Waals surface area (Å²) in [6.07, 6.45) is 1.37. The average molecular weight is 328 g/mol. The predicted molar refractivity (Wildman–Crippen MR) is 88.0 cm³/mol. The topological polar surface area (TPSA) is 52.9 Å². The first-order valence-electron chi connectivity index (χ1n) is 7.95. The minimum absolute atomic E-state index is 0.277. The Balaban J connectivity index is 1.67. The van der Waals surface area contributed by atoms with Crippen LogP contribution in [0.15, 0.2) is 24.3 Å². The van der Waals surface area contributed by atoms with Crippen LogP contribution in [0, 0.1) is 5.92 Å². The number of hydrogen-bond acceptors (Lipinski definition) is 4. The molecule has 3 unspecified atom stereocenters. The van der Waals surface area contributed by atoms with E-state index in [1.165, 1.54) is 0 Å². The summed E-state index contributed by atoms with van der Waals surface area (Å²) in [7, 11) is 0. The highest BCUT2D eigenvalue weighted by molar-refractivity contribution is 6.30. The highest BCUT2D eigenvalue weighted by Crippen LogP contribution is 2.19. The van der Waals surface area contributed by atoms with Gasteiger partial charge in [0, 0.05) is 18.1 Å². The highest BCUT2D eigenvalue weighted by atomic mass is 35.5. The largest absolute Gasteiger partial charge is 0.393 e. The van der Waals surface area contributed by atoms with Gasteiger partial charge in [0.25, 0.3) is 0 Å². The van der Waals surface area contributed by atoms with Gasteiger partial charge in [-0.25, -0.2) is 0 Å². The molecule has 2 rings (SSSR count). The molecule has 0 saturated carbocycles. The third kappa shape index (κ3) is 5.86. The van der Waals surface area contributed by atoms with Crippen LogP contribution in [0.2, 0.25) is 5.02 Å². The molecule has 1 heterocycles. The van der Waals surface area contributed by atoms with Gasteiger partial charge in [0.2, 0.25) is 0 Å². The maximum absolute atomic E-state index is 10.1. The van der Waals surface area contributed by atoms with Gasteiger partial charge in [-0.15, -0.1) is 0 Å². The van der Waals surface area contributed by atoms with Crippen LogP contribution in [0.4, 0.5) is 0 Å². The zero-order valence-corrected chi connectivity index (χ0v) is 13.9. The number of hydrogen-bond donors (Lipinski definition) is 2. The van der Waals surface area contributed by atoms with Crippen LogP contribution in [-0.2, 0) is 11.3 Å². The standard InChI is InChI=1S/C17H26ClNO3/c1-13(20)15-3-2-8-19(9-15)10-17(21)12-22-11-14-4-6-16(18)7-5-14/h4-7,13,15,17,20-21H,2-3,8-12H2,1H3. The number of aliphatic hydroxyl groups excluding tert-OH is 2. The number of ether oxygens (including phenoxy) is 1. The summed E-state index contributed by atoms with van der Waals surface area (Å²) in [5.41, 5.74) is 1.05. The molecule has 1 aliphatic rings. The summed E-state index contributed by atoms with van der Waals surface area (Å²) < 4.78 is 5.57. The molecule has 2 N–H and O–H groups in total. The number of nitrogens with zero attached hydrogens (tertiary/aromatic N) is 1. The van der Waals surface area contributed by atoms with Gasteiger partial charge in [-0.2, -0.15) is 0 Å². The summed E-state index contributed by atoms with van der Waals surface area (Å²) in [6, 6.07) is 7.51. The van der Waals surface area contributed by atoms with Gasteiger partial charge in [0.15, 0.2) is 0 Å². The molecule has 1 aromatic carbocycles. The molecular formula is C17H26ClNO3. The lowest BCUT2D eigenvalue weighted by Crippen LogP contribution is -2.43. The second-order valence-electron chi connectivity index (χ2n) is 6.20. The van der Waals surface area contributed by atoms with Crippen molar-refractivity contribution in [2.24, 2.45) is 5.92 Å². The molecular weight excluding hydrogens is 302 g/mol. The summed E-state index contributed by atoms with van der Waals surface area (Å²) in [5, 5.41) is 20.5. The Morgan fingerprint density at radius 1 is 1.32 bits per heavy atom. The van der Waals surface area contributed by atoms with E-state index in [0.29, 0.717) is 30.7 Å².